The Hall–Kier alpha value is -2.34. The maximum absolute atomic E-state index is 12.2. The Morgan fingerprint density at radius 1 is 0.905 bits per heavy atom. The van der Waals surface area contributed by atoms with Crippen LogP contribution in [0, 0.1) is 6.92 Å². The molecule has 0 spiro atoms. The SMILES string of the molecule is CC(=O)Nc1ccc(S(=O)(=O)Nc2ccc(C)cc2)cc1. The molecule has 0 bridgehead atoms. The van der Waals surface area contributed by atoms with Crippen LogP contribution in [0.2, 0.25) is 0 Å². The molecule has 0 aromatic heterocycles. The number of amides is 1. The second kappa shape index (κ2) is 5.97. The van der Waals surface area contributed by atoms with E-state index in [2.05, 4.69) is 10.0 Å². The molecule has 0 saturated heterocycles. The molecule has 110 valence electrons. The highest BCUT2D eigenvalue weighted by Gasteiger charge is 2.13. The average Bonchev–Trinajstić information content (AvgIpc) is 2.41. The van der Waals surface area contributed by atoms with Crippen LogP contribution in [-0.2, 0) is 14.8 Å². The van der Waals surface area contributed by atoms with Crippen LogP contribution in [0.15, 0.2) is 53.4 Å². The molecule has 21 heavy (non-hydrogen) atoms. The van der Waals surface area contributed by atoms with Gasteiger partial charge in [0.05, 0.1) is 4.90 Å². The van der Waals surface area contributed by atoms with E-state index < -0.39 is 10.0 Å². The number of anilines is 2. The van der Waals surface area contributed by atoms with Gasteiger partial charge >= 0.3 is 0 Å². The quantitative estimate of drug-likeness (QED) is 0.912. The number of hydrogen-bond acceptors (Lipinski definition) is 3. The van der Waals surface area contributed by atoms with Gasteiger partial charge < -0.3 is 5.32 Å². The molecule has 1 amide bonds. The van der Waals surface area contributed by atoms with Crippen LogP contribution in [0.5, 0.6) is 0 Å². The predicted octanol–water partition coefficient (Wildman–Crippen LogP) is 2.75. The molecule has 2 N–H and O–H groups in total. The van der Waals surface area contributed by atoms with Crippen molar-refractivity contribution < 1.29 is 13.2 Å². The molecule has 0 heterocycles. The molecular formula is C15H16N2O3S. The van der Waals surface area contributed by atoms with Crippen molar-refractivity contribution in [3.63, 3.8) is 0 Å². The van der Waals surface area contributed by atoms with Gasteiger partial charge in [0.25, 0.3) is 10.0 Å². The number of rotatable bonds is 4. The maximum Gasteiger partial charge on any atom is 0.261 e. The van der Waals surface area contributed by atoms with Gasteiger partial charge in [0.15, 0.2) is 0 Å². The number of hydrogen-bond donors (Lipinski definition) is 2. The van der Waals surface area contributed by atoms with Crippen LogP contribution in [0.25, 0.3) is 0 Å². The molecule has 0 aliphatic carbocycles. The second-order valence-corrected chi connectivity index (χ2v) is 6.36. The molecule has 2 rings (SSSR count). The summed E-state index contributed by atoms with van der Waals surface area (Å²) in [4.78, 5) is 11.1. The van der Waals surface area contributed by atoms with E-state index >= 15 is 0 Å². The second-order valence-electron chi connectivity index (χ2n) is 4.68. The van der Waals surface area contributed by atoms with Crippen LogP contribution in [0.4, 0.5) is 11.4 Å². The Morgan fingerprint density at radius 3 is 1.95 bits per heavy atom. The zero-order chi connectivity index (χ0) is 15.5. The summed E-state index contributed by atoms with van der Waals surface area (Å²) in [5.41, 5.74) is 2.11. The summed E-state index contributed by atoms with van der Waals surface area (Å²) in [5, 5.41) is 2.59. The first-order valence-corrected chi connectivity index (χ1v) is 7.82. The minimum absolute atomic E-state index is 0.136. The Morgan fingerprint density at radius 2 is 1.43 bits per heavy atom. The molecule has 0 atom stereocenters. The number of benzene rings is 2. The molecule has 2 aromatic carbocycles. The summed E-state index contributed by atoms with van der Waals surface area (Å²) >= 11 is 0. The fraction of sp³-hybridized carbons (Fsp3) is 0.133. The van der Waals surface area contributed by atoms with Gasteiger partial charge in [0, 0.05) is 18.3 Å². The van der Waals surface area contributed by atoms with Crippen molar-refractivity contribution in [1.29, 1.82) is 0 Å². The summed E-state index contributed by atoms with van der Waals surface area (Å²) in [6.07, 6.45) is 0. The molecule has 0 unspecified atom stereocenters. The lowest BCUT2D eigenvalue weighted by Gasteiger charge is -2.09. The predicted molar refractivity (Wildman–Crippen MR) is 82.7 cm³/mol. The molecule has 6 heteroatoms. The standard InChI is InChI=1S/C15H16N2O3S/c1-11-3-5-14(6-4-11)17-21(19,20)15-9-7-13(8-10-15)16-12(2)18/h3-10,17H,1-2H3,(H,16,18). The molecule has 0 radical (unpaired) electrons. The van der Waals surface area contributed by atoms with Crippen molar-refractivity contribution in [3.8, 4) is 0 Å². The Bertz CT molecular complexity index is 735. The fourth-order valence-electron chi connectivity index (χ4n) is 1.76. The molecular weight excluding hydrogens is 288 g/mol. The van der Waals surface area contributed by atoms with E-state index in [1.54, 1.807) is 24.3 Å². The van der Waals surface area contributed by atoms with Crippen molar-refractivity contribution in [2.45, 2.75) is 18.7 Å². The number of aryl methyl sites for hydroxylation is 1. The van der Waals surface area contributed by atoms with E-state index in [-0.39, 0.29) is 10.8 Å². The lowest BCUT2D eigenvalue weighted by atomic mass is 10.2. The lowest BCUT2D eigenvalue weighted by Crippen LogP contribution is -2.13. The largest absolute Gasteiger partial charge is 0.326 e. The summed E-state index contributed by atoms with van der Waals surface area (Å²) < 4.78 is 26.9. The number of sulfonamides is 1. The highest BCUT2D eigenvalue weighted by Crippen LogP contribution is 2.18. The lowest BCUT2D eigenvalue weighted by molar-refractivity contribution is -0.114. The molecule has 0 aliphatic rings. The molecule has 2 aromatic rings. The van der Waals surface area contributed by atoms with Gasteiger partial charge in [-0.2, -0.15) is 0 Å². The summed E-state index contributed by atoms with van der Waals surface area (Å²) in [7, 11) is -3.63. The van der Waals surface area contributed by atoms with Gasteiger partial charge in [-0.1, -0.05) is 17.7 Å². The zero-order valence-corrected chi connectivity index (χ0v) is 12.6. The average molecular weight is 304 g/mol. The van der Waals surface area contributed by atoms with Crippen LogP contribution in [-0.4, -0.2) is 14.3 Å². The van der Waals surface area contributed by atoms with E-state index in [1.165, 1.54) is 19.1 Å². The molecule has 0 saturated carbocycles. The van der Waals surface area contributed by atoms with Gasteiger partial charge in [0.2, 0.25) is 5.91 Å². The van der Waals surface area contributed by atoms with E-state index in [0.717, 1.165) is 5.56 Å². The van der Waals surface area contributed by atoms with Crippen LogP contribution in [0.1, 0.15) is 12.5 Å². The maximum atomic E-state index is 12.2. The summed E-state index contributed by atoms with van der Waals surface area (Å²) in [6.45, 7) is 3.32. The first-order chi connectivity index (χ1) is 9.87. The Balaban J connectivity index is 2.19. The first-order valence-electron chi connectivity index (χ1n) is 6.34. The highest BCUT2D eigenvalue weighted by atomic mass is 32.2. The summed E-state index contributed by atoms with van der Waals surface area (Å²) in [5.74, 6) is -0.205. The van der Waals surface area contributed by atoms with E-state index in [9.17, 15) is 13.2 Å². The van der Waals surface area contributed by atoms with Crippen LogP contribution in [0.3, 0.4) is 0 Å². The van der Waals surface area contributed by atoms with Crippen molar-refractivity contribution in [1.82, 2.24) is 0 Å². The molecule has 5 nitrogen and oxygen atoms in total. The third-order valence-corrected chi connectivity index (χ3v) is 4.19. The smallest absolute Gasteiger partial charge is 0.261 e. The zero-order valence-electron chi connectivity index (χ0n) is 11.8. The third kappa shape index (κ3) is 4.06. The van der Waals surface area contributed by atoms with Gasteiger partial charge in [-0.3, -0.25) is 9.52 Å². The molecule has 0 fully saturated rings. The van der Waals surface area contributed by atoms with Crippen molar-refractivity contribution in [2.75, 3.05) is 10.0 Å². The minimum Gasteiger partial charge on any atom is -0.326 e. The van der Waals surface area contributed by atoms with Crippen molar-refractivity contribution >= 4 is 27.3 Å². The topological polar surface area (TPSA) is 75.3 Å². The first kappa shape index (κ1) is 15.1. The van der Waals surface area contributed by atoms with Gasteiger partial charge in [-0.15, -0.1) is 0 Å². The summed E-state index contributed by atoms with van der Waals surface area (Å²) in [6, 6.07) is 13.1. The van der Waals surface area contributed by atoms with E-state index in [4.69, 9.17) is 0 Å². The monoisotopic (exact) mass is 304 g/mol. The van der Waals surface area contributed by atoms with Crippen molar-refractivity contribution in [2.24, 2.45) is 0 Å². The Labute approximate surface area is 124 Å². The number of nitrogens with one attached hydrogen (secondary N) is 2. The Kier molecular flexibility index (Phi) is 4.28. The fourth-order valence-corrected chi connectivity index (χ4v) is 2.81. The van der Waals surface area contributed by atoms with Gasteiger partial charge in [0.1, 0.15) is 0 Å². The van der Waals surface area contributed by atoms with E-state index in [0.29, 0.717) is 11.4 Å². The number of carbonyl (C=O) groups excluding carboxylic acids is 1. The van der Waals surface area contributed by atoms with Crippen LogP contribution < -0.4 is 10.0 Å². The van der Waals surface area contributed by atoms with Gasteiger partial charge in [-0.05, 0) is 43.3 Å². The third-order valence-electron chi connectivity index (χ3n) is 2.79. The van der Waals surface area contributed by atoms with E-state index in [1.807, 2.05) is 19.1 Å². The molecule has 0 aliphatic heterocycles. The highest BCUT2D eigenvalue weighted by molar-refractivity contribution is 7.92. The van der Waals surface area contributed by atoms with Gasteiger partial charge in [-0.25, -0.2) is 8.42 Å². The number of carbonyl (C=O) groups is 1. The minimum atomic E-state index is -3.63. The van der Waals surface area contributed by atoms with Crippen molar-refractivity contribution in [3.05, 3.63) is 54.1 Å². The van der Waals surface area contributed by atoms with Crippen LogP contribution >= 0.6 is 0 Å². The normalized spacial score (nSPS) is 11.0.